The molecule has 210 valence electrons. The third-order valence-electron chi connectivity index (χ3n) is 13.2. The predicted molar refractivity (Wildman–Crippen MR) is 144 cm³/mol. The van der Waals surface area contributed by atoms with Gasteiger partial charge in [-0.05, 0) is 90.8 Å². The van der Waals surface area contributed by atoms with Crippen molar-refractivity contribution in [3.8, 4) is 0 Å². The number of carbonyl (C=O) groups is 1. The highest BCUT2D eigenvalue weighted by Gasteiger charge is 2.70. The van der Waals surface area contributed by atoms with Gasteiger partial charge in [0, 0.05) is 18.3 Å². The van der Waals surface area contributed by atoms with E-state index in [4.69, 9.17) is 4.74 Å². The molecule has 0 amide bonds. The average molecular weight is 517 g/mol. The molecule has 3 N–H and O–H groups in total. The summed E-state index contributed by atoms with van der Waals surface area (Å²) in [7, 11) is 0. The SMILES string of the molecule is CC(=O)O[C@@H]1[C@@H](O)C2C(C3CCC(C(C)C4CC4(C)C(C)C(C)C)[C@]31C)[C@H](O)C=C1C[C@@H](O)CC[C@@]12C. The van der Waals surface area contributed by atoms with Gasteiger partial charge in [0.15, 0.2) is 0 Å². The minimum atomic E-state index is -0.832. The van der Waals surface area contributed by atoms with Gasteiger partial charge in [-0.2, -0.15) is 0 Å². The van der Waals surface area contributed by atoms with Crippen LogP contribution in [0, 0.1) is 63.6 Å². The number of aliphatic hydroxyl groups is 3. The third-order valence-corrected chi connectivity index (χ3v) is 13.2. The van der Waals surface area contributed by atoms with Crippen LogP contribution in [0.3, 0.4) is 0 Å². The molecule has 0 aromatic heterocycles. The normalized spacial score (nSPS) is 52.4. The van der Waals surface area contributed by atoms with Crippen molar-refractivity contribution in [2.24, 2.45) is 63.6 Å². The first-order valence-electron chi connectivity index (χ1n) is 15.1. The topological polar surface area (TPSA) is 87.0 Å². The molecule has 4 fully saturated rings. The third kappa shape index (κ3) is 3.91. The van der Waals surface area contributed by atoms with Gasteiger partial charge in [0.25, 0.3) is 0 Å². The van der Waals surface area contributed by atoms with Crippen molar-refractivity contribution in [1.29, 1.82) is 0 Å². The van der Waals surface area contributed by atoms with Crippen molar-refractivity contribution in [2.45, 2.75) is 118 Å². The van der Waals surface area contributed by atoms with E-state index in [0.29, 0.717) is 47.8 Å². The Morgan fingerprint density at radius 2 is 1.70 bits per heavy atom. The van der Waals surface area contributed by atoms with Crippen LogP contribution in [-0.2, 0) is 9.53 Å². The summed E-state index contributed by atoms with van der Waals surface area (Å²) in [6.45, 7) is 17.9. The lowest BCUT2D eigenvalue weighted by Crippen LogP contribution is -2.67. The largest absolute Gasteiger partial charge is 0.459 e. The second kappa shape index (κ2) is 9.06. The van der Waals surface area contributed by atoms with Crippen LogP contribution in [0.1, 0.15) is 93.9 Å². The van der Waals surface area contributed by atoms with E-state index >= 15 is 0 Å². The number of esters is 1. The van der Waals surface area contributed by atoms with Gasteiger partial charge in [0.1, 0.15) is 6.10 Å². The number of aliphatic hydroxyl groups excluding tert-OH is 3. The van der Waals surface area contributed by atoms with Crippen molar-refractivity contribution < 1.29 is 24.9 Å². The van der Waals surface area contributed by atoms with Crippen molar-refractivity contribution >= 4 is 5.97 Å². The molecule has 0 bridgehead atoms. The average Bonchev–Trinajstić information content (AvgIpc) is 3.39. The Morgan fingerprint density at radius 3 is 2.32 bits per heavy atom. The quantitative estimate of drug-likeness (QED) is 0.338. The predicted octanol–water partition coefficient (Wildman–Crippen LogP) is 5.36. The second-order valence-corrected chi connectivity index (χ2v) is 15.0. The number of ether oxygens (including phenoxy) is 1. The lowest BCUT2D eigenvalue weighted by molar-refractivity contribution is -0.231. The lowest BCUT2D eigenvalue weighted by atomic mass is 9.44. The molecule has 0 aliphatic heterocycles. The van der Waals surface area contributed by atoms with E-state index in [1.807, 2.05) is 6.08 Å². The first kappa shape index (κ1) is 27.6. The molecule has 5 rings (SSSR count). The van der Waals surface area contributed by atoms with Crippen LogP contribution < -0.4 is 0 Å². The summed E-state index contributed by atoms with van der Waals surface area (Å²) in [4.78, 5) is 12.5. The molecule has 0 spiro atoms. The molecule has 8 unspecified atom stereocenters. The summed E-state index contributed by atoms with van der Waals surface area (Å²) in [5, 5.41) is 34.1. The first-order chi connectivity index (χ1) is 17.2. The molecule has 0 aromatic rings. The van der Waals surface area contributed by atoms with Crippen LogP contribution >= 0.6 is 0 Å². The van der Waals surface area contributed by atoms with Gasteiger partial charge in [0.05, 0.1) is 18.3 Å². The summed E-state index contributed by atoms with van der Waals surface area (Å²) < 4.78 is 6.13. The molecule has 14 atom stereocenters. The van der Waals surface area contributed by atoms with Crippen molar-refractivity contribution in [3.63, 3.8) is 0 Å². The molecule has 5 aliphatic carbocycles. The van der Waals surface area contributed by atoms with E-state index in [2.05, 4.69) is 48.5 Å². The highest BCUT2D eigenvalue weighted by molar-refractivity contribution is 5.66. The van der Waals surface area contributed by atoms with E-state index in [0.717, 1.165) is 24.8 Å². The summed E-state index contributed by atoms with van der Waals surface area (Å²) in [5.74, 6) is 2.35. The molecule has 5 heteroatoms. The van der Waals surface area contributed by atoms with Crippen LogP contribution in [0.2, 0.25) is 0 Å². The Balaban J connectivity index is 1.53. The Kier molecular flexibility index (Phi) is 6.77. The minimum absolute atomic E-state index is 0.0619. The smallest absolute Gasteiger partial charge is 0.303 e. The molecule has 0 heterocycles. The zero-order valence-corrected chi connectivity index (χ0v) is 24.4. The molecule has 0 aromatic carbocycles. The van der Waals surface area contributed by atoms with E-state index in [-0.39, 0.29) is 34.6 Å². The van der Waals surface area contributed by atoms with Crippen LogP contribution in [0.25, 0.3) is 0 Å². The molecule has 37 heavy (non-hydrogen) atoms. The van der Waals surface area contributed by atoms with E-state index in [1.165, 1.54) is 13.3 Å². The lowest BCUT2D eigenvalue weighted by Gasteiger charge is -2.63. The number of hydrogen-bond donors (Lipinski definition) is 3. The fourth-order valence-corrected chi connectivity index (χ4v) is 10.7. The van der Waals surface area contributed by atoms with Gasteiger partial charge in [-0.1, -0.05) is 60.1 Å². The number of carbonyl (C=O) groups excluding carboxylic acids is 1. The highest BCUT2D eigenvalue weighted by Crippen LogP contribution is 2.71. The molecular formula is C32H52O5. The molecule has 5 aliphatic rings. The zero-order chi connectivity index (χ0) is 27.2. The molecule has 0 radical (unpaired) electrons. The van der Waals surface area contributed by atoms with Crippen molar-refractivity contribution in [3.05, 3.63) is 11.6 Å². The van der Waals surface area contributed by atoms with Gasteiger partial charge in [0.2, 0.25) is 0 Å². The Hall–Kier alpha value is -0.910. The Bertz CT molecular complexity index is 943. The van der Waals surface area contributed by atoms with E-state index < -0.39 is 24.4 Å². The van der Waals surface area contributed by atoms with Crippen LogP contribution in [0.5, 0.6) is 0 Å². The standard InChI is InChI=1S/C32H52O5/c1-16(2)18(4)31(7)15-24(31)17(3)22-9-10-23-26-25(35)14-20-13-21(34)11-12-30(20,6)27(26)28(36)29(32(22,23)8)37-19(5)33/h14,16-18,21-29,34-36H,9-13,15H2,1-8H3/t17?,18?,21-,22?,23?,24?,25+,26?,27?,28-,29+,30-,31?,32+/m0/s1. The van der Waals surface area contributed by atoms with Crippen LogP contribution in [0.4, 0.5) is 0 Å². The second-order valence-electron chi connectivity index (χ2n) is 15.0. The van der Waals surface area contributed by atoms with Gasteiger partial charge in [-0.3, -0.25) is 4.79 Å². The Morgan fingerprint density at radius 1 is 1.03 bits per heavy atom. The Labute approximate surface area is 224 Å². The monoisotopic (exact) mass is 516 g/mol. The maximum Gasteiger partial charge on any atom is 0.303 e. The highest BCUT2D eigenvalue weighted by atomic mass is 16.6. The number of fused-ring (bicyclic) bond motifs is 5. The number of rotatable bonds is 5. The first-order valence-corrected chi connectivity index (χ1v) is 15.1. The van der Waals surface area contributed by atoms with Crippen LogP contribution in [-0.4, -0.2) is 45.7 Å². The van der Waals surface area contributed by atoms with E-state index in [1.54, 1.807) is 0 Å². The summed E-state index contributed by atoms with van der Waals surface area (Å²) in [5.41, 5.74) is 0.733. The van der Waals surface area contributed by atoms with Crippen molar-refractivity contribution in [1.82, 2.24) is 0 Å². The molecular weight excluding hydrogens is 464 g/mol. The molecule has 4 saturated carbocycles. The minimum Gasteiger partial charge on any atom is -0.459 e. The molecule has 5 nitrogen and oxygen atoms in total. The van der Waals surface area contributed by atoms with Gasteiger partial charge in [-0.25, -0.2) is 0 Å². The fourth-order valence-electron chi connectivity index (χ4n) is 10.7. The molecule has 0 saturated heterocycles. The van der Waals surface area contributed by atoms with Crippen LogP contribution in [0.15, 0.2) is 11.6 Å². The van der Waals surface area contributed by atoms with E-state index in [9.17, 15) is 20.1 Å². The van der Waals surface area contributed by atoms with Gasteiger partial charge in [-0.15, -0.1) is 0 Å². The summed E-state index contributed by atoms with van der Waals surface area (Å²) in [6.07, 6.45) is 4.91. The van der Waals surface area contributed by atoms with Gasteiger partial charge < -0.3 is 20.1 Å². The summed E-state index contributed by atoms with van der Waals surface area (Å²) in [6, 6.07) is 0. The fraction of sp³-hybridized carbons (Fsp3) is 0.906. The maximum atomic E-state index is 12.5. The number of hydrogen-bond acceptors (Lipinski definition) is 5. The van der Waals surface area contributed by atoms with Crippen molar-refractivity contribution in [2.75, 3.05) is 0 Å². The summed E-state index contributed by atoms with van der Waals surface area (Å²) >= 11 is 0. The van der Waals surface area contributed by atoms with Gasteiger partial charge >= 0.3 is 5.97 Å². The zero-order valence-electron chi connectivity index (χ0n) is 24.4. The maximum absolute atomic E-state index is 12.5.